The summed E-state index contributed by atoms with van der Waals surface area (Å²) in [4.78, 5) is 0. The highest BCUT2D eigenvalue weighted by molar-refractivity contribution is 6.36. The second kappa shape index (κ2) is 6.51. The smallest absolute Gasteiger partial charge is 0.123 e. The molecule has 22 heavy (non-hydrogen) atoms. The Hall–Kier alpha value is -1.83. The molecule has 0 nitrogen and oxygen atoms in total. The van der Waals surface area contributed by atoms with Crippen molar-refractivity contribution in [3.63, 3.8) is 0 Å². The average molecular weight is 331 g/mol. The van der Waals surface area contributed by atoms with Gasteiger partial charge in [-0.2, -0.15) is 0 Å². The van der Waals surface area contributed by atoms with Crippen LogP contribution in [0.5, 0.6) is 0 Å². The summed E-state index contributed by atoms with van der Waals surface area (Å²) in [6.45, 7) is 0. The maximum Gasteiger partial charge on any atom is 0.123 e. The second-order valence-corrected chi connectivity index (χ2v) is 5.93. The van der Waals surface area contributed by atoms with Gasteiger partial charge in [0.2, 0.25) is 0 Å². The summed E-state index contributed by atoms with van der Waals surface area (Å²) in [6, 6.07) is 20.1. The molecule has 3 heteroatoms. The first kappa shape index (κ1) is 15.1. The lowest BCUT2D eigenvalue weighted by Gasteiger charge is -2.12. The third-order valence-corrected chi connectivity index (χ3v) is 4.09. The minimum absolute atomic E-state index is 0.224. The molecule has 0 bridgehead atoms. The molecule has 3 aromatic carbocycles. The SMILES string of the molecule is Fc1ccc(Cc2ccccc2-c2ccc(Cl)cc2Cl)cc1. The van der Waals surface area contributed by atoms with Gasteiger partial charge in [0.15, 0.2) is 0 Å². The minimum Gasteiger partial charge on any atom is -0.207 e. The number of hydrogen-bond acceptors (Lipinski definition) is 0. The normalized spacial score (nSPS) is 10.7. The molecule has 0 aliphatic carbocycles. The Balaban J connectivity index is 2.01. The molecule has 3 rings (SSSR count). The summed E-state index contributed by atoms with van der Waals surface area (Å²) in [5.41, 5.74) is 4.20. The second-order valence-electron chi connectivity index (χ2n) is 5.08. The molecule has 110 valence electrons. The number of benzene rings is 3. The molecule has 0 heterocycles. The van der Waals surface area contributed by atoms with Crippen molar-refractivity contribution in [3.05, 3.63) is 93.7 Å². The van der Waals surface area contributed by atoms with Crippen LogP contribution in [0.15, 0.2) is 66.7 Å². The van der Waals surface area contributed by atoms with Crippen LogP contribution >= 0.6 is 23.2 Å². The molecule has 0 saturated carbocycles. The van der Waals surface area contributed by atoms with E-state index >= 15 is 0 Å². The topological polar surface area (TPSA) is 0 Å². The van der Waals surface area contributed by atoms with E-state index in [1.165, 1.54) is 12.1 Å². The van der Waals surface area contributed by atoms with Gasteiger partial charge in [-0.25, -0.2) is 4.39 Å². The van der Waals surface area contributed by atoms with Gasteiger partial charge in [0.25, 0.3) is 0 Å². The van der Waals surface area contributed by atoms with Crippen LogP contribution in [0.4, 0.5) is 4.39 Å². The number of halogens is 3. The number of hydrogen-bond donors (Lipinski definition) is 0. The molecule has 0 unspecified atom stereocenters. The lowest BCUT2D eigenvalue weighted by molar-refractivity contribution is 0.627. The van der Waals surface area contributed by atoms with E-state index in [0.29, 0.717) is 10.0 Å². The van der Waals surface area contributed by atoms with Crippen LogP contribution in [-0.4, -0.2) is 0 Å². The first-order chi connectivity index (χ1) is 10.6. The highest BCUT2D eigenvalue weighted by atomic mass is 35.5. The molecule has 0 N–H and O–H groups in total. The van der Waals surface area contributed by atoms with Crippen molar-refractivity contribution >= 4 is 23.2 Å². The molecule has 3 aromatic rings. The van der Waals surface area contributed by atoms with E-state index in [4.69, 9.17) is 23.2 Å². The van der Waals surface area contributed by atoms with Crippen LogP contribution in [-0.2, 0) is 6.42 Å². The van der Waals surface area contributed by atoms with Crippen LogP contribution in [0.3, 0.4) is 0 Å². The summed E-state index contributed by atoms with van der Waals surface area (Å²) >= 11 is 12.3. The van der Waals surface area contributed by atoms with E-state index < -0.39 is 0 Å². The zero-order chi connectivity index (χ0) is 15.5. The predicted molar refractivity (Wildman–Crippen MR) is 91.1 cm³/mol. The third-order valence-electron chi connectivity index (χ3n) is 3.55. The van der Waals surface area contributed by atoms with Crippen LogP contribution < -0.4 is 0 Å². The first-order valence-corrected chi connectivity index (χ1v) is 7.67. The van der Waals surface area contributed by atoms with E-state index in [9.17, 15) is 4.39 Å². The Morgan fingerprint density at radius 1 is 0.773 bits per heavy atom. The summed E-state index contributed by atoms with van der Waals surface area (Å²) in [6.07, 6.45) is 0.718. The Morgan fingerprint density at radius 2 is 1.50 bits per heavy atom. The van der Waals surface area contributed by atoms with Gasteiger partial charge >= 0.3 is 0 Å². The minimum atomic E-state index is -0.224. The fraction of sp³-hybridized carbons (Fsp3) is 0.0526. The molecular formula is C19H13Cl2F. The van der Waals surface area contributed by atoms with Crippen molar-refractivity contribution in [2.45, 2.75) is 6.42 Å². The van der Waals surface area contributed by atoms with Gasteiger partial charge in [-0.1, -0.05) is 65.7 Å². The molecule has 0 spiro atoms. The van der Waals surface area contributed by atoms with Crippen molar-refractivity contribution in [2.75, 3.05) is 0 Å². The van der Waals surface area contributed by atoms with Gasteiger partial charge in [-0.15, -0.1) is 0 Å². The van der Waals surface area contributed by atoms with E-state index in [-0.39, 0.29) is 5.82 Å². The maximum atomic E-state index is 13.0. The van der Waals surface area contributed by atoms with E-state index in [2.05, 4.69) is 6.07 Å². The van der Waals surface area contributed by atoms with Crippen LogP contribution in [0.1, 0.15) is 11.1 Å². The molecular weight excluding hydrogens is 318 g/mol. The summed E-state index contributed by atoms with van der Waals surface area (Å²) in [5.74, 6) is -0.224. The van der Waals surface area contributed by atoms with Gasteiger partial charge in [0, 0.05) is 15.6 Å². The van der Waals surface area contributed by atoms with Gasteiger partial charge in [0.1, 0.15) is 5.82 Å². The molecule has 0 amide bonds. The Morgan fingerprint density at radius 3 is 2.23 bits per heavy atom. The molecule has 0 aliphatic rings. The van der Waals surface area contributed by atoms with Crippen LogP contribution in [0.2, 0.25) is 10.0 Å². The van der Waals surface area contributed by atoms with Gasteiger partial charge < -0.3 is 0 Å². The van der Waals surface area contributed by atoms with Crippen molar-refractivity contribution in [3.8, 4) is 11.1 Å². The number of rotatable bonds is 3. The van der Waals surface area contributed by atoms with Crippen LogP contribution in [0, 0.1) is 5.82 Å². The molecule has 0 atom stereocenters. The van der Waals surface area contributed by atoms with Crippen molar-refractivity contribution in [1.82, 2.24) is 0 Å². The van der Waals surface area contributed by atoms with Crippen molar-refractivity contribution in [2.24, 2.45) is 0 Å². The Bertz CT molecular complexity index is 795. The standard InChI is InChI=1S/C19H13Cl2F/c20-15-7-10-18(19(21)12-15)17-4-2-1-3-14(17)11-13-5-8-16(22)9-6-13/h1-10,12H,11H2. The molecule has 0 aliphatic heterocycles. The van der Waals surface area contributed by atoms with E-state index in [1.807, 2.05) is 30.3 Å². The Labute approximate surface area is 139 Å². The maximum absolute atomic E-state index is 13.0. The lowest BCUT2D eigenvalue weighted by atomic mass is 9.95. The molecule has 0 saturated heterocycles. The first-order valence-electron chi connectivity index (χ1n) is 6.91. The zero-order valence-corrected chi connectivity index (χ0v) is 13.2. The summed E-state index contributed by atoms with van der Waals surface area (Å²) in [5, 5.41) is 1.24. The van der Waals surface area contributed by atoms with E-state index in [0.717, 1.165) is 28.7 Å². The largest absolute Gasteiger partial charge is 0.207 e. The summed E-state index contributed by atoms with van der Waals surface area (Å²) in [7, 11) is 0. The molecule has 0 radical (unpaired) electrons. The fourth-order valence-corrected chi connectivity index (χ4v) is 2.98. The quantitative estimate of drug-likeness (QED) is 0.521. The predicted octanol–water partition coefficient (Wildman–Crippen LogP) is 6.39. The Kier molecular flexibility index (Phi) is 4.47. The van der Waals surface area contributed by atoms with Crippen LogP contribution in [0.25, 0.3) is 11.1 Å². The summed E-state index contributed by atoms with van der Waals surface area (Å²) < 4.78 is 13.0. The monoisotopic (exact) mass is 330 g/mol. The average Bonchev–Trinajstić information content (AvgIpc) is 2.51. The highest BCUT2D eigenvalue weighted by Gasteiger charge is 2.09. The van der Waals surface area contributed by atoms with Gasteiger partial charge in [0.05, 0.1) is 0 Å². The molecule has 0 fully saturated rings. The van der Waals surface area contributed by atoms with Gasteiger partial charge in [-0.3, -0.25) is 0 Å². The van der Waals surface area contributed by atoms with Crippen molar-refractivity contribution < 1.29 is 4.39 Å². The fourth-order valence-electron chi connectivity index (χ4n) is 2.47. The van der Waals surface area contributed by atoms with E-state index in [1.54, 1.807) is 18.2 Å². The highest BCUT2D eigenvalue weighted by Crippen LogP contribution is 2.33. The zero-order valence-electron chi connectivity index (χ0n) is 11.7. The van der Waals surface area contributed by atoms with Crippen molar-refractivity contribution in [1.29, 1.82) is 0 Å². The lowest BCUT2D eigenvalue weighted by Crippen LogP contribution is -1.93. The van der Waals surface area contributed by atoms with Gasteiger partial charge in [-0.05, 0) is 47.4 Å². The third kappa shape index (κ3) is 3.32. The molecule has 0 aromatic heterocycles.